The number of carbonyl (C=O) groups excluding carboxylic acids is 1. The van der Waals surface area contributed by atoms with E-state index in [1.54, 1.807) is 11.9 Å². The third-order valence-electron chi connectivity index (χ3n) is 3.90. The number of aliphatic hydroxyl groups excluding tert-OH is 1. The average Bonchev–Trinajstić information content (AvgIpc) is 2.53. The van der Waals surface area contributed by atoms with E-state index in [-0.39, 0.29) is 11.9 Å². The lowest BCUT2D eigenvalue weighted by Crippen LogP contribution is -2.39. The predicted octanol–water partition coefficient (Wildman–Crippen LogP) is 3.19. The molecule has 110 valence electrons. The monoisotopic (exact) mass is 283 g/mol. The van der Waals surface area contributed by atoms with Crippen LogP contribution in [0.25, 0.3) is 0 Å². The lowest BCUT2D eigenvalue weighted by atomic mass is 10.0. The van der Waals surface area contributed by atoms with E-state index < -0.39 is 6.10 Å². The van der Waals surface area contributed by atoms with Gasteiger partial charge in [-0.2, -0.15) is 0 Å². The zero-order valence-corrected chi connectivity index (χ0v) is 12.7. The van der Waals surface area contributed by atoms with E-state index in [1.165, 1.54) is 0 Å². The van der Waals surface area contributed by atoms with Crippen LogP contribution in [0.4, 0.5) is 0 Å². The number of carbonyl (C=O) groups is 1. The van der Waals surface area contributed by atoms with Crippen LogP contribution >= 0.6 is 0 Å². The Morgan fingerprint density at radius 1 is 1.05 bits per heavy atom. The Balaban J connectivity index is 2.18. The second-order valence-corrected chi connectivity index (χ2v) is 5.33. The van der Waals surface area contributed by atoms with Crippen LogP contribution in [0.2, 0.25) is 0 Å². The van der Waals surface area contributed by atoms with E-state index in [9.17, 15) is 9.90 Å². The standard InChI is InChI=1S/C18H21NO2/c1-13-9-7-8-12-16(13)18(21)19(3)14(2)17(20)15-10-5-4-6-11-15/h4-12,14,17,20H,1-3H3/t14-,17+/m1/s1. The summed E-state index contributed by atoms with van der Waals surface area (Å²) in [7, 11) is 1.73. The summed E-state index contributed by atoms with van der Waals surface area (Å²) in [5.41, 5.74) is 2.43. The molecule has 0 aromatic heterocycles. The molecular weight excluding hydrogens is 262 g/mol. The van der Waals surface area contributed by atoms with Crippen LogP contribution in [0.5, 0.6) is 0 Å². The maximum Gasteiger partial charge on any atom is 0.254 e. The first-order chi connectivity index (χ1) is 10.0. The number of likely N-dealkylation sites (N-methyl/N-ethyl adjacent to an activating group) is 1. The van der Waals surface area contributed by atoms with E-state index in [0.717, 1.165) is 11.1 Å². The minimum Gasteiger partial charge on any atom is -0.386 e. The maximum atomic E-state index is 12.6. The minimum absolute atomic E-state index is 0.0735. The third kappa shape index (κ3) is 3.31. The Kier molecular flexibility index (Phi) is 4.76. The summed E-state index contributed by atoms with van der Waals surface area (Å²) in [6, 6.07) is 16.6. The highest BCUT2D eigenvalue weighted by molar-refractivity contribution is 5.95. The van der Waals surface area contributed by atoms with Gasteiger partial charge in [-0.05, 0) is 31.0 Å². The zero-order valence-electron chi connectivity index (χ0n) is 12.7. The first kappa shape index (κ1) is 15.3. The normalized spacial score (nSPS) is 13.5. The van der Waals surface area contributed by atoms with Gasteiger partial charge in [0, 0.05) is 12.6 Å². The van der Waals surface area contributed by atoms with Gasteiger partial charge in [-0.1, -0.05) is 48.5 Å². The lowest BCUT2D eigenvalue weighted by molar-refractivity contribution is 0.0486. The summed E-state index contributed by atoms with van der Waals surface area (Å²) in [6.07, 6.45) is -0.704. The van der Waals surface area contributed by atoms with Crippen LogP contribution in [0.15, 0.2) is 54.6 Å². The van der Waals surface area contributed by atoms with Gasteiger partial charge in [0.05, 0.1) is 12.1 Å². The van der Waals surface area contributed by atoms with Gasteiger partial charge in [0.25, 0.3) is 5.91 Å². The Hall–Kier alpha value is -2.13. The highest BCUT2D eigenvalue weighted by atomic mass is 16.3. The smallest absolute Gasteiger partial charge is 0.254 e. The van der Waals surface area contributed by atoms with Crippen molar-refractivity contribution in [1.29, 1.82) is 0 Å². The van der Waals surface area contributed by atoms with Crippen molar-refractivity contribution < 1.29 is 9.90 Å². The quantitative estimate of drug-likeness (QED) is 0.936. The number of amides is 1. The number of hydrogen-bond acceptors (Lipinski definition) is 2. The summed E-state index contributed by atoms with van der Waals surface area (Å²) in [4.78, 5) is 14.2. The molecule has 0 spiro atoms. The molecule has 0 heterocycles. The Morgan fingerprint density at radius 3 is 2.24 bits per heavy atom. The molecule has 1 amide bonds. The lowest BCUT2D eigenvalue weighted by Gasteiger charge is -2.29. The molecule has 0 aliphatic heterocycles. The number of nitrogens with zero attached hydrogens (tertiary/aromatic N) is 1. The fourth-order valence-corrected chi connectivity index (χ4v) is 2.33. The molecule has 2 aromatic carbocycles. The Bertz CT molecular complexity index is 610. The topological polar surface area (TPSA) is 40.5 Å². The SMILES string of the molecule is Cc1ccccc1C(=O)N(C)[C@H](C)[C@H](O)c1ccccc1. The summed E-state index contributed by atoms with van der Waals surface area (Å²) in [5.74, 6) is -0.0735. The van der Waals surface area contributed by atoms with Crippen LogP contribution in [0.3, 0.4) is 0 Å². The second-order valence-electron chi connectivity index (χ2n) is 5.33. The van der Waals surface area contributed by atoms with Crippen LogP contribution in [-0.2, 0) is 0 Å². The van der Waals surface area contributed by atoms with Gasteiger partial charge in [-0.15, -0.1) is 0 Å². The molecule has 1 N–H and O–H groups in total. The van der Waals surface area contributed by atoms with Crippen molar-refractivity contribution in [3.63, 3.8) is 0 Å². The molecule has 0 saturated carbocycles. The molecule has 0 bridgehead atoms. The number of hydrogen-bond donors (Lipinski definition) is 1. The molecule has 2 rings (SSSR count). The molecule has 2 aromatic rings. The van der Waals surface area contributed by atoms with Gasteiger partial charge in [0.15, 0.2) is 0 Å². The number of benzene rings is 2. The van der Waals surface area contributed by atoms with Gasteiger partial charge in [-0.3, -0.25) is 4.79 Å². The molecule has 0 radical (unpaired) electrons. The van der Waals surface area contributed by atoms with Gasteiger partial charge in [0.2, 0.25) is 0 Å². The van der Waals surface area contributed by atoms with Gasteiger partial charge < -0.3 is 10.0 Å². The van der Waals surface area contributed by atoms with Crippen molar-refractivity contribution >= 4 is 5.91 Å². The number of aryl methyl sites for hydroxylation is 1. The van der Waals surface area contributed by atoms with Crippen LogP contribution in [-0.4, -0.2) is 29.0 Å². The van der Waals surface area contributed by atoms with Crippen molar-refractivity contribution in [1.82, 2.24) is 4.90 Å². The fraction of sp³-hybridized carbons (Fsp3) is 0.278. The number of rotatable bonds is 4. The van der Waals surface area contributed by atoms with Crippen molar-refractivity contribution in [2.24, 2.45) is 0 Å². The summed E-state index contributed by atoms with van der Waals surface area (Å²) >= 11 is 0. The summed E-state index contributed by atoms with van der Waals surface area (Å²) in [6.45, 7) is 3.77. The summed E-state index contributed by atoms with van der Waals surface area (Å²) < 4.78 is 0. The van der Waals surface area contributed by atoms with E-state index in [4.69, 9.17) is 0 Å². The van der Waals surface area contributed by atoms with Gasteiger partial charge >= 0.3 is 0 Å². The molecule has 2 atom stereocenters. The molecule has 0 fully saturated rings. The van der Waals surface area contributed by atoms with E-state index >= 15 is 0 Å². The Morgan fingerprint density at radius 2 is 1.62 bits per heavy atom. The van der Waals surface area contributed by atoms with Crippen LogP contribution < -0.4 is 0 Å². The van der Waals surface area contributed by atoms with Crippen molar-refractivity contribution in [3.8, 4) is 0 Å². The molecule has 0 aliphatic carbocycles. The molecule has 0 unspecified atom stereocenters. The van der Waals surface area contributed by atoms with E-state index in [2.05, 4.69) is 0 Å². The second kappa shape index (κ2) is 6.55. The van der Waals surface area contributed by atoms with E-state index in [1.807, 2.05) is 68.4 Å². The largest absolute Gasteiger partial charge is 0.386 e. The third-order valence-corrected chi connectivity index (χ3v) is 3.90. The average molecular weight is 283 g/mol. The van der Waals surface area contributed by atoms with Crippen molar-refractivity contribution in [2.75, 3.05) is 7.05 Å². The minimum atomic E-state index is -0.704. The highest BCUT2D eigenvalue weighted by Crippen LogP contribution is 2.21. The molecule has 3 heteroatoms. The number of aliphatic hydroxyl groups is 1. The maximum absolute atomic E-state index is 12.6. The molecule has 0 saturated heterocycles. The fourth-order valence-electron chi connectivity index (χ4n) is 2.33. The van der Waals surface area contributed by atoms with Gasteiger partial charge in [-0.25, -0.2) is 0 Å². The highest BCUT2D eigenvalue weighted by Gasteiger charge is 2.25. The molecular formula is C18H21NO2. The van der Waals surface area contributed by atoms with Crippen LogP contribution in [0.1, 0.15) is 34.5 Å². The Labute approximate surface area is 125 Å². The first-order valence-electron chi connectivity index (χ1n) is 7.08. The molecule has 0 aliphatic rings. The first-order valence-corrected chi connectivity index (χ1v) is 7.08. The van der Waals surface area contributed by atoms with Crippen LogP contribution in [0, 0.1) is 6.92 Å². The molecule has 21 heavy (non-hydrogen) atoms. The zero-order chi connectivity index (χ0) is 15.4. The predicted molar refractivity (Wildman–Crippen MR) is 84.1 cm³/mol. The van der Waals surface area contributed by atoms with Crippen molar-refractivity contribution in [3.05, 3.63) is 71.3 Å². The van der Waals surface area contributed by atoms with Gasteiger partial charge in [0.1, 0.15) is 0 Å². The molecule has 3 nitrogen and oxygen atoms in total. The summed E-state index contributed by atoms with van der Waals surface area (Å²) in [5, 5.41) is 10.4. The van der Waals surface area contributed by atoms with E-state index in [0.29, 0.717) is 5.56 Å². The van der Waals surface area contributed by atoms with Crippen molar-refractivity contribution in [2.45, 2.75) is 26.0 Å².